The monoisotopic (exact) mass is 364 g/mol. The number of nitrogens with one attached hydrogen (secondary N) is 1. The first-order valence-electron chi connectivity index (χ1n) is 8.28. The van der Waals surface area contributed by atoms with Crippen molar-refractivity contribution in [3.05, 3.63) is 46.4 Å². The van der Waals surface area contributed by atoms with Gasteiger partial charge in [0.1, 0.15) is 0 Å². The third-order valence-corrected chi connectivity index (χ3v) is 4.97. The van der Waals surface area contributed by atoms with Gasteiger partial charge in [-0.1, -0.05) is 30.1 Å². The van der Waals surface area contributed by atoms with E-state index >= 15 is 0 Å². The molecular weight excluding hydrogens is 343 g/mol. The number of hydrogen-bond donors (Lipinski definition) is 2. The zero-order chi connectivity index (χ0) is 17.3. The quantitative estimate of drug-likeness (QED) is 0.655. The minimum absolute atomic E-state index is 0.399. The molecule has 0 aliphatic carbocycles. The Kier molecular flexibility index (Phi) is 5.36. The van der Waals surface area contributed by atoms with E-state index in [-0.39, 0.29) is 0 Å². The highest BCUT2D eigenvalue weighted by Crippen LogP contribution is 2.32. The van der Waals surface area contributed by atoms with Gasteiger partial charge in [0.05, 0.1) is 12.6 Å². The Morgan fingerprint density at radius 2 is 1.58 bits per heavy atom. The summed E-state index contributed by atoms with van der Waals surface area (Å²) < 4.78 is 2.14. The first kappa shape index (κ1) is 17.6. The van der Waals surface area contributed by atoms with Gasteiger partial charge in [-0.25, -0.2) is 0 Å². The fraction of sp³-hybridized carbons (Fsp3) is 0.368. The molecule has 2 atom stereocenters. The molecule has 2 N–H and O–H groups in total. The lowest BCUT2D eigenvalue weighted by molar-refractivity contribution is 0.150. The average Bonchev–Trinajstić information content (AvgIpc) is 2.85. The van der Waals surface area contributed by atoms with Gasteiger partial charge in [0.15, 0.2) is 0 Å². The van der Waals surface area contributed by atoms with Crippen LogP contribution >= 0.6 is 23.2 Å². The Labute approximate surface area is 152 Å². The summed E-state index contributed by atoms with van der Waals surface area (Å²) >= 11 is 12.3. The van der Waals surface area contributed by atoms with Crippen LogP contribution in [0.2, 0.25) is 10.0 Å². The maximum atomic E-state index is 10.5. The molecule has 0 amide bonds. The normalized spacial score (nSPS) is 14.4. The highest BCUT2D eigenvalue weighted by Gasteiger charge is 2.15. The van der Waals surface area contributed by atoms with Crippen LogP contribution in [0.1, 0.15) is 20.3 Å². The largest absolute Gasteiger partial charge is 0.390 e. The van der Waals surface area contributed by atoms with Crippen LogP contribution in [0.5, 0.6) is 0 Å². The summed E-state index contributed by atoms with van der Waals surface area (Å²) in [7, 11) is 0. The number of nitrogens with zero attached hydrogens (tertiary/aromatic N) is 1. The predicted octanol–water partition coefficient (Wildman–Crippen LogP) is 4.85. The molecule has 0 unspecified atom stereocenters. The summed E-state index contributed by atoms with van der Waals surface area (Å²) in [4.78, 5) is 0. The van der Waals surface area contributed by atoms with E-state index in [2.05, 4.69) is 23.7 Å². The second-order valence-electron chi connectivity index (χ2n) is 6.30. The molecule has 0 aliphatic rings. The lowest BCUT2D eigenvalue weighted by Crippen LogP contribution is -2.35. The van der Waals surface area contributed by atoms with Crippen LogP contribution < -0.4 is 5.32 Å². The van der Waals surface area contributed by atoms with E-state index in [0.29, 0.717) is 29.2 Å². The first-order valence-corrected chi connectivity index (χ1v) is 9.03. The van der Waals surface area contributed by atoms with Crippen molar-refractivity contribution in [2.75, 3.05) is 6.54 Å². The lowest BCUT2D eigenvalue weighted by Gasteiger charge is -2.17. The van der Waals surface area contributed by atoms with Gasteiger partial charge in [0.2, 0.25) is 0 Å². The topological polar surface area (TPSA) is 37.2 Å². The molecule has 0 saturated heterocycles. The van der Waals surface area contributed by atoms with Gasteiger partial charge in [0.25, 0.3) is 0 Å². The molecule has 128 valence electrons. The second kappa shape index (κ2) is 7.32. The molecule has 3 rings (SSSR count). The highest BCUT2D eigenvalue weighted by molar-refractivity contribution is 6.33. The van der Waals surface area contributed by atoms with E-state index in [4.69, 9.17) is 23.2 Å². The molecule has 2 aromatic carbocycles. The maximum absolute atomic E-state index is 10.5. The van der Waals surface area contributed by atoms with Gasteiger partial charge in [-0.15, -0.1) is 0 Å². The molecule has 1 aromatic heterocycles. The van der Waals surface area contributed by atoms with Crippen molar-refractivity contribution in [2.45, 2.75) is 39.0 Å². The van der Waals surface area contributed by atoms with Gasteiger partial charge in [-0.3, -0.25) is 0 Å². The van der Waals surface area contributed by atoms with Crippen molar-refractivity contribution in [3.8, 4) is 0 Å². The van der Waals surface area contributed by atoms with Crippen LogP contribution in [0.3, 0.4) is 0 Å². The number of aliphatic hydroxyl groups excluding tert-OH is 1. The van der Waals surface area contributed by atoms with E-state index in [1.54, 1.807) is 0 Å². The Hall–Kier alpha value is -1.26. The number of rotatable bonds is 6. The molecular formula is C19H22Cl2N2O. The summed E-state index contributed by atoms with van der Waals surface area (Å²) in [6.45, 7) is 5.34. The standard InChI is InChI=1S/C19H22Cl2N2O/c1-3-12(2)22-10-15(24)11-23-18-6-4-13(20)8-16(18)17-9-14(21)5-7-19(17)23/h4-9,12,15,22,24H,3,10-11H2,1-2H3/t12-,15+/m0/s1. The summed E-state index contributed by atoms with van der Waals surface area (Å²) in [5.74, 6) is 0. The van der Waals surface area contributed by atoms with Crippen LogP contribution in [0, 0.1) is 0 Å². The van der Waals surface area contributed by atoms with E-state index in [9.17, 15) is 5.11 Å². The number of benzene rings is 2. The van der Waals surface area contributed by atoms with Crippen molar-refractivity contribution in [2.24, 2.45) is 0 Å². The first-order chi connectivity index (χ1) is 11.5. The molecule has 0 aliphatic heterocycles. The lowest BCUT2D eigenvalue weighted by atomic mass is 10.1. The average molecular weight is 365 g/mol. The van der Waals surface area contributed by atoms with E-state index in [1.807, 2.05) is 36.4 Å². The third kappa shape index (κ3) is 3.55. The van der Waals surface area contributed by atoms with Gasteiger partial charge in [0, 0.05) is 44.4 Å². The van der Waals surface area contributed by atoms with Gasteiger partial charge < -0.3 is 15.0 Å². The molecule has 0 fully saturated rings. The van der Waals surface area contributed by atoms with Crippen LogP contribution in [0.4, 0.5) is 0 Å². The number of hydrogen-bond acceptors (Lipinski definition) is 2. The summed E-state index contributed by atoms with van der Waals surface area (Å²) in [6.07, 6.45) is 0.572. The Morgan fingerprint density at radius 3 is 2.08 bits per heavy atom. The van der Waals surface area contributed by atoms with Crippen molar-refractivity contribution >= 4 is 45.0 Å². The molecule has 3 nitrogen and oxygen atoms in total. The van der Waals surface area contributed by atoms with E-state index in [1.165, 1.54) is 0 Å². The van der Waals surface area contributed by atoms with Crippen LogP contribution in [-0.2, 0) is 6.54 Å². The van der Waals surface area contributed by atoms with Crippen molar-refractivity contribution < 1.29 is 5.11 Å². The maximum Gasteiger partial charge on any atom is 0.0843 e. The Morgan fingerprint density at radius 1 is 1.04 bits per heavy atom. The van der Waals surface area contributed by atoms with Crippen LogP contribution in [0.25, 0.3) is 21.8 Å². The number of halogens is 2. The number of aromatic nitrogens is 1. The zero-order valence-electron chi connectivity index (χ0n) is 13.9. The fourth-order valence-corrected chi connectivity index (χ4v) is 3.35. The van der Waals surface area contributed by atoms with Gasteiger partial charge >= 0.3 is 0 Å². The highest BCUT2D eigenvalue weighted by atomic mass is 35.5. The molecule has 3 aromatic rings. The number of aliphatic hydroxyl groups is 1. The minimum atomic E-state index is -0.468. The molecule has 1 heterocycles. The molecule has 24 heavy (non-hydrogen) atoms. The van der Waals surface area contributed by atoms with E-state index in [0.717, 1.165) is 28.2 Å². The summed E-state index contributed by atoms with van der Waals surface area (Å²) in [5, 5.41) is 17.3. The van der Waals surface area contributed by atoms with Gasteiger partial charge in [-0.05, 0) is 49.7 Å². The smallest absolute Gasteiger partial charge is 0.0843 e. The third-order valence-electron chi connectivity index (χ3n) is 4.50. The second-order valence-corrected chi connectivity index (χ2v) is 7.18. The van der Waals surface area contributed by atoms with Crippen molar-refractivity contribution in [3.63, 3.8) is 0 Å². The Bertz CT molecular complexity index is 800. The molecule has 0 saturated carbocycles. The predicted molar refractivity (Wildman–Crippen MR) is 103 cm³/mol. The van der Waals surface area contributed by atoms with Crippen LogP contribution in [-0.4, -0.2) is 28.4 Å². The zero-order valence-corrected chi connectivity index (χ0v) is 15.4. The van der Waals surface area contributed by atoms with Crippen molar-refractivity contribution in [1.82, 2.24) is 9.88 Å². The SMILES string of the molecule is CC[C@H](C)NC[C@@H](O)Cn1c2ccc(Cl)cc2c2cc(Cl)ccc21. The molecule has 0 bridgehead atoms. The van der Waals surface area contributed by atoms with Crippen molar-refractivity contribution in [1.29, 1.82) is 0 Å². The summed E-state index contributed by atoms with van der Waals surface area (Å²) in [6, 6.07) is 12.1. The van der Waals surface area contributed by atoms with E-state index < -0.39 is 6.10 Å². The minimum Gasteiger partial charge on any atom is -0.390 e. The summed E-state index contributed by atoms with van der Waals surface area (Å²) in [5.41, 5.74) is 2.11. The molecule has 0 radical (unpaired) electrons. The van der Waals surface area contributed by atoms with Gasteiger partial charge in [-0.2, -0.15) is 0 Å². The molecule has 0 spiro atoms. The van der Waals surface area contributed by atoms with Crippen LogP contribution in [0.15, 0.2) is 36.4 Å². The molecule has 5 heteroatoms. The fourth-order valence-electron chi connectivity index (χ4n) is 3.00. The number of fused-ring (bicyclic) bond motifs is 3. The Balaban J connectivity index is 1.99.